The van der Waals surface area contributed by atoms with E-state index in [1.807, 2.05) is 6.92 Å². The van der Waals surface area contributed by atoms with Crippen molar-refractivity contribution in [2.45, 2.75) is 42.9 Å². The molecule has 0 spiro atoms. The number of fused-ring (bicyclic) bond motifs is 1. The van der Waals surface area contributed by atoms with Gasteiger partial charge in [-0.1, -0.05) is 52.9 Å². The quantitative estimate of drug-likeness (QED) is 0.356. The second-order valence-electron chi connectivity index (χ2n) is 7.77. The Kier molecular flexibility index (Phi) is 6.27. The number of anilines is 1. The highest BCUT2D eigenvalue weighted by atomic mass is 32.2. The Morgan fingerprint density at radius 1 is 1.22 bits per heavy atom. The molecule has 166 valence electrons. The van der Waals surface area contributed by atoms with Crippen LogP contribution in [0.25, 0.3) is 21.3 Å². The van der Waals surface area contributed by atoms with E-state index in [1.54, 1.807) is 11.3 Å². The minimum atomic E-state index is -0.0956. The average molecular weight is 486 g/mol. The van der Waals surface area contributed by atoms with Crippen molar-refractivity contribution in [3.8, 4) is 11.1 Å². The molecule has 1 saturated heterocycles. The van der Waals surface area contributed by atoms with Crippen molar-refractivity contribution in [1.29, 1.82) is 0 Å². The van der Waals surface area contributed by atoms with Crippen LogP contribution in [0.3, 0.4) is 0 Å². The van der Waals surface area contributed by atoms with Crippen LogP contribution in [0.2, 0.25) is 0 Å². The molecule has 0 saturated carbocycles. The SMILES string of the molecule is Cc1ccc(-c2c(C)sc3nc(CSc4nnc(NC[C@H]5CCCO5)s4)[nH]c(=O)c23)cc1. The summed E-state index contributed by atoms with van der Waals surface area (Å²) in [5.74, 6) is 1.18. The minimum Gasteiger partial charge on any atom is -0.376 e. The third-order valence-electron chi connectivity index (χ3n) is 5.37. The van der Waals surface area contributed by atoms with Crippen molar-refractivity contribution in [2.75, 3.05) is 18.5 Å². The number of nitrogens with one attached hydrogen (secondary N) is 2. The number of ether oxygens (including phenoxy) is 1. The molecular weight excluding hydrogens is 462 g/mol. The van der Waals surface area contributed by atoms with E-state index in [2.05, 4.69) is 51.7 Å². The van der Waals surface area contributed by atoms with Gasteiger partial charge in [0.05, 0.1) is 17.2 Å². The molecule has 1 aromatic carbocycles. The molecule has 2 N–H and O–H groups in total. The zero-order valence-corrected chi connectivity index (χ0v) is 20.3. The van der Waals surface area contributed by atoms with Gasteiger partial charge >= 0.3 is 0 Å². The first kappa shape index (κ1) is 21.6. The molecule has 1 fully saturated rings. The number of aromatic nitrogens is 4. The highest BCUT2D eigenvalue weighted by Crippen LogP contribution is 2.36. The maximum Gasteiger partial charge on any atom is 0.260 e. The van der Waals surface area contributed by atoms with Crippen LogP contribution in [0.1, 0.15) is 29.1 Å². The number of hydrogen-bond acceptors (Lipinski definition) is 9. The normalized spacial score (nSPS) is 16.1. The molecule has 1 aliphatic rings. The van der Waals surface area contributed by atoms with Gasteiger partial charge in [0, 0.05) is 23.6 Å². The van der Waals surface area contributed by atoms with Gasteiger partial charge in [-0.05, 0) is 32.3 Å². The Morgan fingerprint density at radius 3 is 2.84 bits per heavy atom. The van der Waals surface area contributed by atoms with E-state index in [4.69, 9.17) is 9.72 Å². The summed E-state index contributed by atoms with van der Waals surface area (Å²) in [6.07, 6.45) is 2.47. The monoisotopic (exact) mass is 485 g/mol. The largest absolute Gasteiger partial charge is 0.376 e. The van der Waals surface area contributed by atoms with Gasteiger partial charge in [-0.25, -0.2) is 4.98 Å². The van der Waals surface area contributed by atoms with E-state index in [-0.39, 0.29) is 11.7 Å². The third kappa shape index (κ3) is 4.59. The van der Waals surface area contributed by atoms with E-state index >= 15 is 0 Å². The number of hydrogen-bond donors (Lipinski definition) is 2. The number of nitrogens with zero attached hydrogens (tertiary/aromatic N) is 3. The predicted octanol–water partition coefficient (Wildman–Crippen LogP) is 5.00. The van der Waals surface area contributed by atoms with Crippen LogP contribution in [0.4, 0.5) is 5.13 Å². The first-order valence-electron chi connectivity index (χ1n) is 10.5. The number of aromatic amines is 1. The highest BCUT2D eigenvalue weighted by Gasteiger charge is 2.18. The summed E-state index contributed by atoms with van der Waals surface area (Å²) in [4.78, 5) is 22.5. The molecule has 3 aromatic heterocycles. The number of benzene rings is 1. The van der Waals surface area contributed by atoms with Crippen LogP contribution in [-0.4, -0.2) is 39.4 Å². The van der Waals surface area contributed by atoms with Gasteiger partial charge in [0.1, 0.15) is 10.7 Å². The van der Waals surface area contributed by atoms with Crippen molar-refractivity contribution >= 4 is 49.8 Å². The standard InChI is InChI=1S/C22H23N5O2S3/c1-12-5-7-14(8-6-12)17-13(2)31-20-18(17)19(28)24-16(25-20)11-30-22-27-26-21(32-22)23-10-15-4-3-9-29-15/h5-8,15H,3-4,9-11H2,1-2H3,(H,23,26)(H,24,25,28)/t15-/m1/s1. The number of aryl methyl sites for hydroxylation is 2. The molecule has 32 heavy (non-hydrogen) atoms. The Bertz CT molecular complexity index is 1290. The summed E-state index contributed by atoms with van der Waals surface area (Å²) in [5, 5.41) is 13.2. The summed E-state index contributed by atoms with van der Waals surface area (Å²) in [7, 11) is 0. The lowest BCUT2D eigenvalue weighted by molar-refractivity contribution is 0.120. The first-order valence-corrected chi connectivity index (χ1v) is 13.1. The predicted molar refractivity (Wildman–Crippen MR) is 132 cm³/mol. The zero-order valence-electron chi connectivity index (χ0n) is 17.8. The van der Waals surface area contributed by atoms with Gasteiger partial charge in [-0.15, -0.1) is 21.5 Å². The molecule has 0 aliphatic carbocycles. The molecule has 10 heteroatoms. The van der Waals surface area contributed by atoms with Crippen molar-refractivity contribution in [3.05, 3.63) is 50.9 Å². The molecular formula is C22H23N5O2S3. The second-order valence-corrected chi connectivity index (χ2v) is 11.2. The Morgan fingerprint density at radius 2 is 2.06 bits per heavy atom. The maximum absolute atomic E-state index is 13.0. The van der Waals surface area contributed by atoms with Gasteiger partial charge < -0.3 is 15.0 Å². The lowest BCUT2D eigenvalue weighted by atomic mass is 10.0. The van der Waals surface area contributed by atoms with E-state index < -0.39 is 0 Å². The molecule has 0 bridgehead atoms. The Labute approximate surface area is 197 Å². The number of thioether (sulfide) groups is 1. The van der Waals surface area contributed by atoms with Crippen LogP contribution < -0.4 is 10.9 Å². The first-order chi connectivity index (χ1) is 15.6. The molecule has 0 amide bonds. The van der Waals surface area contributed by atoms with Gasteiger partial charge in [0.2, 0.25) is 5.13 Å². The van der Waals surface area contributed by atoms with Crippen molar-refractivity contribution in [1.82, 2.24) is 20.2 Å². The number of H-pyrrole nitrogens is 1. The number of rotatable bonds is 7. The van der Waals surface area contributed by atoms with E-state index in [0.717, 1.165) is 56.3 Å². The fourth-order valence-electron chi connectivity index (χ4n) is 3.78. The molecule has 0 unspecified atom stereocenters. The fraction of sp³-hybridized carbons (Fsp3) is 0.364. The summed E-state index contributed by atoms with van der Waals surface area (Å²) in [6.45, 7) is 5.70. The van der Waals surface area contributed by atoms with Crippen molar-refractivity contribution in [2.24, 2.45) is 0 Å². The summed E-state index contributed by atoms with van der Waals surface area (Å²) >= 11 is 4.59. The van der Waals surface area contributed by atoms with Crippen LogP contribution in [-0.2, 0) is 10.5 Å². The molecule has 4 aromatic rings. The van der Waals surface area contributed by atoms with Gasteiger partial charge in [-0.3, -0.25) is 4.79 Å². The molecule has 7 nitrogen and oxygen atoms in total. The summed E-state index contributed by atoms with van der Waals surface area (Å²) in [5.41, 5.74) is 3.12. The maximum atomic E-state index is 13.0. The molecule has 5 rings (SSSR count). The van der Waals surface area contributed by atoms with Crippen LogP contribution in [0.15, 0.2) is 33.4 Å². The molecule has 4 heterocycles. The minimum absolute atomic E-state index is 0.0956. The summed E-state index contributed by atoms with van der Waals surface area (Å²) < 4.78 is 6.46. The number of thiophene rings is 1. The lowest BCUT2D eigenvalue weighted by Gasteiger charge is -2.08. The van der Waals surface area contributed by atoms with Crippen molar-refractivity contribution in [3.63, 3.8) is 0 Å². The van der Waals surface area contributed by atoms with Crippen LogP contribution in [0, 0.1) is 13.8 Å². The zero-order chi connectivity index (χ0) is 22.1. The van der Waals surface area contributed by atoms with E-state index in [0.29, 0.717) is 17.0 Å². The Balaban J connectivity index is 1.30. The van der Waals surface area contributed by atoms with Crippen molar-refractivity contribution < 1.29 is 4.74 Å². The van der Waals surface area contributed by atoms with Gasteiger partial charge in [-0.2, -0.15) is 0 Å². The molecule has 1 atom stereocenters. The van der Waals surface area contributed by atoms with Gasteiger partial charge in [0.25, 0.3) is 5.56 Å². The van der Waals surface area contributed by atoms with E-state index in [9.17, 15) is 4.79 Å². The molecule has 1 aliphatic heterocycles. The van der Waals surface area contributed by atoms with E-state index in [1.165, 1.54) is 28.7 Å². The third-order valence-corrected chi connectivity index (χ3v) is 8.40. The van der Waals surface area contributed by atoms with Crippen LogP contribution in [0.5, 0.6) is 0 Å². The summed E-state index contributed by atoms with van der Waals surface area (Å²) in [6, 6.07) is 8.26. The molecule has 0 radical (unpaired) electrons. The lowest BCUT2D eigenvalue weighted by Crippen LogP contribution is -2.18. The highest BCUT2D eigenvalue weighted by molar-refractivity contribution is 8.00. The fourth-order valence-corrected chi connectivity index (χ4v) is 6.47. The topological polar surface area (TPSA) is 92.8 Å². The van der Waals surface area contributed by atoms with Gasteiger partial charge in [0.15, 0.2) is 4.34 Å². The van der Waals surface area contributed by atoms with Crippen LogP contribution >= 0.6 is 34.4 Å². The Hall–Kier alpha value is -2.27. The smallest absolute Gasteiger partial charge is 0.260 e. The average Bonchev–Trinajstić information content (AvgIpc) is 3.51. The second kappa shape index (κ2) is 9.30.